The standard InChI is InChI=1S/C19H20Cl2N4O3/c1-9-14-12(24-25-18(22)27)7-19(2,3)8-13(14)28-16(9)17(26)23-11-6-4-5-10(20)15(11)21/h4-6H,7-8H2,1-3H3,(H,23,26)(H3,22,25,27)/b24-12-. The molecule has 7 nitrogen and oxygen atoms in total. The Morgan fingerprint density at radius 1 is 1.25 bits per heavy atom. The van der Waals surface area contributed by atoms with Gasteiger partial charge in [0, 0.05) is 17.5 Å². The summed E-state index contributed by atoms with van der Waals surface area (Å²) in [4.78, 5) is 23.9. The molecule has 0 unspecified atom stereocenters. The Hall–Kier alpha value is -2.51. The number of nitrogens with one attached hydrogen (secondary N) is 2. The Morgan fingerprint density at radius 2 is 1.96 bits per heavy atom. The summed E-state index contributed by atoms with van der Waals surface area (Å²) >= 11 is 12.1. The molecule has 0 saturated carbocycles. The first-order chi connectivity index (χ1) is 13.1. The molecule has 2 aromatic rings. The summed E-state index contributed by atoms with van der Waals surface area (Å²) in [5.74, 6) is 0.350. The minimum absolute atomic E-state index is 0.153. The van der Waals surface area contributed by atoms with Crippen molar-refractivity contribution >= 4 is 46.5 Å². The predicted octanol–water partition coefficient (Wildman–Crippen LogP) is 4.49. The maximum atomic E-state index is 12.8. The van der Waals surface area contributed by atoms with Gasteiger partial charge >= 0.3 is 6.03 Å². The molecule has 4 N–H and O–H groups in total. The summed E-state index contributed by atoms with van der Waals surface area (Å²) < 4.78 is 5.90. The smallest absolute Gasteiger partial charge is 0.332 e. The lowest BCUT2D eigenvalue weighted by Gasteiger charge is -2.29. The monoisotopic (exact) mass is 422 g/mol. The largest absolute Gasteiger partial charge is 0.455 e. The zero-order valence-electron chi connectivity index (χ0n) is 15.7. The van der Waals surface area contributed by atoms with Gasteiger partial charge in [-0.05, 0) is 30.9 Å². The summed E-state index contributed by atoms with van der Waals surface area (Å²) in [6.45, 7) is 5.88. The maximum absolute atomic E-state index is 12.8. The van der Waals surface area contributed by atoms with Crippen molar-refractivity contribution in [2.24, 2.45) is 16.3 Å². The lowest BCUT2D eigenvalue weighted by molar-refractivity contribution is 0.0993. The molecular weight excluding hydrogens is 403 g/mol. The van der Waals surface area contributed by atoms with Crippen molar-refractivity contribution in [1.82, 2.24) is 5.43 Å². The quantitative estimate of drug-likeness (QED) is 0.633. The number of hydrogen-bond acceptors (Lipinski definition) is 4. The van der Waals surface area contributed by atoms with E-state index < -0.39 is 11.9 Å². The molecule has 9 heteroatoms. The summed E-state index contributed by atoms with van der Waals surface area (Å²) in [6.07, 6.45) is 1.23. The minimum atomic E-state index is -0.757. The van der Waals surface area contributed by atoms with Crippen LogP contribution in [0.4, 0.5) is 10.5 Å². The molecule has 0 saturated heterocycles. The van der Waals surface area contributed by atoms with E-state index in [1.54, 1.807) is 25.1 Å². The van der Waals surface area contributed by atoms with Gasteiger partial charge in [-0.2, -0.15) is 5.10 Å². The number of halogens is 2. The zero-order valence-corrected chi connectivity index (χ0v) is 17.2. The molecule has 28 heavy (non-hydrogen) atoms. The van der Waals surface area contributed by atoms with Crippen LogP contribution in [-0.4, -0.2) is 17.6 Å². The average molecular weight is 423 g/mol. The molecule has 1 aromatic heterocycles. The number of furan rings is 1. The second kappa shape index (κ2) is 7.48. The first kappa shape index (κ1) is 20.2. The van der Waals surface area contributed by atoms with Crippen LogP contribution < -0.4 is 16.5 Å². The van der Waals surface area contributed by atoms with Crippen LogP contribution in [0.3, 0.4) is 0 Å². The first-order valence-corrected chi connectivity index (χ1v) is 9.34. The Labute approximate surface area is 172 Å². The van der Waals surface area contributed by atoms with Crippen LogP contribution in [-0.2, 0) is 6.42 Å². The molecule has 0 atom stereocenters. The van der Waals surface area contributed by atoms with E-state index in [-0.39, 0.29) is 16.2 Å². The number of carbonyl (C=O) groups excluding carboxylic acids is 2. The third kappa shape index (κ3) is 4.00. The Bertz CT molecular complexity index is 995. The third-order valence-electron chi connectivity index (χ3n) is 4.50. The van der Waals surface area contributed by atoms with Crippen LogP contribution in [0.5, 0.6) is 0 Å². The summed E-state index contributed by atoms with van der Waals surface area (Å²) in [6, 6.07) is 4.21. The molecule has 0 aliphatic heterocycles. The SMILES string of the molecule is Cc1c(C(=O)Nc2cccc(Cl)c2Cl)oc2c1/C(=N\NC(N)=O)CC(C)(C)C2. The van der Waals surface area contributed by atoms with Gasteiger partial charge in [-0.3, -0.25) is 4.79 Å². The molecule has 0 fully saturated rings. The van der Waals surface area contributed by atoms with Crippen LogP contribution in [0.15, 0.2) is 27.7 Å². The first-order valence-electron chi connectivity index (χ1n) is 8.59. The van der Waals surface area contributed by atoms with Crippen LogP contribution in [0.1, 0.15) is 47.7 Å². The third-order valence-corrected chi connectivity index (χ3v) is 5.32. The number of hydrazone groups is 1. The number of hydrogen-bond donors (Lipinski definition) is 3. The number of benzene rings is 1. The number of urea groups is 1. The maximum Gasteiger partial charge on any atom is 0.332 e. The van der Waals surface area contributed by atoms with Crippen molar-refractivity contribution in [1.29, 1.82) is 0 Å². The van der Waals surface area contributed by atoms with Gasteiger partial charge in [0.2, 0.25) is 0 Å². The number of fused-ring (bicyclic) bond motifs is 1. The highest BCUT2D eigenvalue weighted by Gasteiger charge is 2.36. The fourth-order valence-electron chi connectivity index (χ4n) is 3.33. The van der Waals surface area contributed by atoms with E-state index in [1.807, 2.05) is 0 Å². The topological polar surface area (TPSA) is 110 Å². The van der Waals surface area contributed by atoms with Crippen LogP contribution in [0.2, 0.25) is 10.0 Å². The number of nitrogens with two attached hydrogens (primary N) is 1. The Balaban J connectivity index is 1.99. The van der Waals surface area contributed by atoms with Crippen molar-refractivity contribution in [2.45, 2.75) is 33.6 Å². The van der Waals surface area contributed by atoms with E-state index in [9.17, 15) is 9.59 Å². The van der Waals surface area contributed by atoms with Gasteiger partial charge in [0.25, 0.3) is 5.91 Å². The fraction of sp³-hybridized carbons (Fsp3) is 0.316. The van der Waals surface area contributed by atoms with Gasteiger partial charge < -0.3 is 15.5 Å². The van der Waals surface area contributed by atoms with Crippen LogP contribution in [0.25, 0.3) is 0 Å². The van der Waals surface area contributed by atoms with Gasteiger partial charge in [-0.15, -0.1) is 0 Å². The molecule has 3 rings (SSSR count). The Kier molecular flexibility index (Phi) is 5.41. The molecule has 3 amide bonds. The van der Waals surface area contributed by atoms with Crippen molar-refractivity contribution < 1.29 is 14.0 Å². The molecule has 0 radical (unpaired) electrons. The highest BCUT2D eigenvalue weighted by Crippen LogP contribution is 2.39. The summed E-state index contributed by atoms with van der Waals surface area (Å²) in [7, 11) is 0. The lowest BCUT2D eigenvalue weighted by atomic mass is 9.75. The molecule has 0 spiro atoms. The van der Waals surface area contributed by atoms with Crippen molar-refractivity contribution in [3.8, 4) is 0 Å². The van der Waals surface area contributed by atoms with E-state index in [2.05, 4.69) is 29.7 Å². The van der Waals surface area contributed by atoms with Crippen molar-refractivity contribution in [3.05, 3.63) is 50.9 Å². The number of amides is 3. The molecule has 1 aromatic carbocycles. The van der Waals surface area contributed by atoms with Crippen LogP contribution in [0, 0.1) is 12.3 Å². The number of anilines is 1. The number of primary amides is 1. The molecule has 1 aliphatic carbocycles. The normalized spacial score (nSPS) is 16.5. The van der Waals surface area contributed by atoms with Gasteiger partial charge in [0.15, 0.2) is 5.76 Å². The molecule has 148 valence electrons. The van der Waals surface area contributed by atoms with Gasteiger partial charge in [0.05, 0.1) is 21.4 Å². The van der Waals surface area contributed by atoms with E-state index in [4.69, 9.17) is 33.4 Å². The highest BCUT2D eigenvalue weighted by atomic mass is 35.5. The van der Waals surface area contributed by atoms with Gasteiger partial charge in [-0.25, -0.2) is 10.2 Å². The Morgan fingerprint density at radius 3 is 2.64 bits per heavy atom. The van der Waals surface area contributed by atoms with Crippen LogP contribution >= 0.6 is 23.2 Å². The second-order valence-corrected chi connectivity index (χ2v) is 8.25. The second-order valence-electron chi connectivity index (χ2n) is 7.46. The van der Waals surface area contributed by atoms with Crippen molar-refractivity contribution in [2.75, 3.05) is 5.32 Å². The summed E-state index contributed by atoms with van der Waals surface area (Å²) in [5, 5.41) is 7.44. The van der Waals surface area contributed by atoms with E-state index in [0.717, 1.165) is 5.56 Å². The number of carbonyl (C=O) groups is 2. The highest BCUT2D eigenvalue weighted by molar-refractivity contribution is 6.44. The molecular formula is C19H20Cl2N4O3. The molecule has 0 bridgehead atoms. The van der Waals surface area contributed by atoms with Gasteiger partial charge in [-0.1, -0.05) is 43.1 Å². The van der Waals surface area contributed by atoms with Gasteiger partial charge in [0.1, 0.15) is 5.76 Å². The zero-order chi connectivity index (χ0) is 20.6. The minimum Gasteiger partial charge on any atom is -0.455 e. The number of nitrogens with zero attached hydrogens (tertiary/aromatic N) is 1. The van der Waals surface area contributed by atoms with E-state index in [1.165, 1.54) is 0 Å². The van der Waals surface area contributed by atoms with Crippen molar-refractivity contribution in [3.63, 3.8) is 0 Å². The summed E-state index contributed by atoms with van der Waals surface area (Å²) in [5.41, 5.74) is 9.60. The number of rotatable bonds is 3. The molecule has 1 heterocycles. The van der Waals surface area contributed by atoms with E-state index >= 15 is 0 Å². The fourth-order valence-corrected chi connectivity index (χ4v) is 3.68. The lowest BCUT2D eigenvalue weighted by Crippen LogP contribution is -2.31. The predicted molar refractivity (Wildman–Crippen MR) is 109 cm³/mol. The van der Waals surface area contributed by atoms with E-state index in [0.29, 0.717) is 40.6 Å². The average Bonchev–Trinajstić information content (AvgIpc) is 2.92. The molecule has 1 aliphatic rings.